The zero-order valence-electron chi connectivity index (χ0n) is 11.3. The van der Waals surface area contributed by atoms with Crippen LogP contribution in [0.15, 0.2) is 24.3 Å². The van der Waals surface area contributed by atoms with Gasteiger partial charge < -0.3 is 10.2 Å². The number of aromatic nitrogens is 2. The monoisotopic (exact) mass is 310 g/mol. The molecule has 0 aromatic carbocycles. The first-order valence-electron chi connectivity index (χ1n) is 6.10. The Balaban J connectivity index is 1.86. The number of rotatable bonds is 5. The topological polar surface area (TPSA) is 58.1 Å². The number of hydrogen-bond donors (Lipinski definition) is 1. The molecule has 106 valence electrons. The minimum Gasteiger partial charge on any atom is -0.368 e. The molecule has 0 saturated heterocycles. The van der Waals surface area contributed by atoms with Crippen molar-refractivity contribution in [2.45, 2.75) is 6.42 Å². The molecule has 0 unspecified atom stereocenters. The maximum absolute atomic E-state index is 11.6. The molecule has 2 heterocycles. The van der Waals surface area contributed by atoms with Crippen LogP contribution in [-0.2, 0) is 6.42 Å². The summed E-state index contributed by atoms with van der Waals surface area (Å²) >= 11 is 7.44. The minimum absolute atomic E-state index is 0.155. The van der Waals surface area contributed by atoms with Gasteiger partial charge in [-0.3, -0.25) is 4.79 Å². The fourth-order valence-corrected chi connectivity index (χ4v) is 2.66. The van der Waals surface area contributed by atoms with Crippen molar-refractivity contribution in [1.29, 1.82) is 0 Å². The molecule has 7 heteroatoms. The molecule has 0 aliphatic heterocycles. The predicted molar refractivity (Wildman–Crippen MR) is 81.6 cm³/mol. The quantitative estimate of drug-likeness (QED) is 0.922. The Morgan fingerprint density at radius 3 is 2.65 bits per heavy atom. The molecule has 0 bridgehead atoms. The van der Waals surface area contributed by atoms with Gasteiger partial charge in [0, 0.05) is 25.5 Å². The lowest BCUT2D eigenvalue weighted by Crippen LogP contribution is -2.23. The van der Waals surface area contributed by atoms with Crippen LogP contribution in [0.3, 0.4) is 0 Å². The van der Waals surface area contributed by atoms with E-state index in [-0.39, 0.29) is 5.91 Å². The van der Waals surface area contributed by atoms with E-state index in [2.05, 4.69) is 15.5 Å². The molecule has 5 nitrogen and oxygen atoms in total. The normalized spacial score (nSPS) is 10.3. The second kappa shape index (κ2) is 6.67. The average molecular weight is 311 g/mol. The van der Waals surface area contributed by atoms with Crippen molar-refractivity contribution in [3.05, 3.63) is 39.2 Å². The third-order valence-corrected chi connectivity index (χ3v) is 3.89. The van der Waals surface area contributed by atoms with Crippen LogP contribution in [0.2, 0.25) is 4.34 Å². The molecule has 2 aromatic heterocycles. The van der Waals surface area contributed by atoms with E-state index < -0.39 is 0 Å². The molecule has 1 N–H and O–H groups in total. The summed E-state index contributed by atoms with van der Waals surface area (Å²) in [5, 5.41) is 11.1. The molecule has 0 saturated carbocycles. The molecule has 0 aliphatic rings. The standard InChI is InChI=1S/C13H15ClN4OS/c1-18(2)13(19)10-4-6-12(17-16-10)15-8-7-9-3-5-11(14)20-9/h3-6H,7-8H2,1-2H3,(H,15,17). The lowest BCUT2D eigenvalue weighted by molar-refractivity contribution is 0.0821. The number of thiophene rings is 1. The summed E-state index contributed by atoms with van der Waals surface area (Å²) in [5.74, 6) is 0.500. The zero-order valence-corrected chi connectivity index (χ0v) is 12.8. The molecule has 2 aromatic rings. The molecule has 20 heavy (non-hydrogen) atoms. The van der Waals surface area contributed by atoms with Gasteiger partial charge in [-0.25, -0.2) is 0 Å². The Morgan fingerprint density at radius 2 is 2.10 bits per heavy atom. The van der Waals surface area contributed by atoms with Crippen molar-refractivity contribution in [3.8, 4) is 0 Å². The largest absolute Gasteiger partial charge is 0.368 e. The smallest absolute Gasteiger partial charge is 0.273 e. The summed E-state index contributed by atoms with van der Waals surface area (Å²) in [4.78, 5) is 14.3. The summed E-state index contributed by atoms with van der Waals surface area (Å²) in [7, 11) is 3.37. The second-order valence-corrected chi connectivity index (χ2v) is 6.19. The summed E-state index contributed by atoms with van der Waals surface area (Å²) in [6, 6.07) is 7.33. The number of carbonyl (C=O) groups is 1. The van der Waals surface area contributed by atoms with Gasteiger partial charge in [-0.1, -0.05) is 11.6 Å². The van der Waals surface area contributed by atoms with Gasteiger partial charge in [-0.05, 0) is 30.7 Å². The first kappa shape index (κ1) is 14.7. The lowest BCUT2D eigenvalue weighted by Gasteiger charge is -2.09. The Kier molecular flexibility index (Phi) is 4.92. The highest BCUT2D eigenvalue weighted by Crippen LogP contribution is 2.21. The van der Waals surface area contributed by atoms with Gasteiger partial charge in [0.25, 0.3) is 5.91 Å². The summed E-state index contributed by atoms with van der Waals surface area (Å²) in [6.07, 6.45) is 0.872. The van der Waals surface area contributed by atoms with Crippen molar-refractivity contribution in [3.63, 3.8) is 0 Å². The molecular weight excluding hydrogens is 296 g/mol. The van der Waals surface area contributed by atoms with Gasteiger partial charge in [0.2, 0.25) is 0 Å². The van der Waals surface area contributed by atoms with E-state index in [1.54, 1.807) is 37.6 Å². The summed E-state index contributed by atoms with van der Waals surface area (Å²) in [6.45, 7) is 0.743. The van der Waals surface area contributed by atoms with Gasteiger partial charge >= 0.3 is 0 Å². The third kappa shape index (κ3) is 3.91. The molecule has 2 rings (SSSR count). The van der Waals surface area contributed by atoms with E-state index in [9.17, 15) is 4.79 Å². The average Bonchev–Trinajstić information content (AvgIpc) is 2.84. The Labute approximate surface area is 126 Å². The first-order valence-corrected chi connectivity index (χ1v) is 7.29. The van der Waals surface area contributed by atoms with Crippen LogP contribution in [0.5, 0.6) is 0 Å². The van der Waals surface area contributed by atoms with Gasteiger partial charge in [0.1, 0.15) is 5.82 Å². The number of halogens is 1. The molecule has 0 spiro atoms. The van der Waals surface area contributed by atoms with E-state index in [0.717, 1.165) is 17.3 Å². The van der Waals surface area contributed by atoms with Crippen LogP contribution < -0.4 is 5.32 Å². The fourth-order valence-electron chi connectivity index (χ4n) is 1.57. The molecular formula is C13H15ClN4OS. The van der Waals surface area contributed by atoms with Crippen molar-refractivity contribution in [2.75, 3.05) is 26.0 Å². The van der Waals surface area contributed by atoms with Crippen LogP contribution in [0.25, 0.3) is 0 Å². The highest BCUT2D eigenvalue weighted by atomic mass is 35.5. The van der Waals surface area contributed by atoms with Crippen molar-refractivity contribution >= 4 is 34.7 Å². The van der Waals surface area contributed by atoms with Gasteiger partial charge in [0.05, 0.1) is 4.34 Å². The lowest BCUT2D eigenvalue weighted by atomic mass is 10.3. The van der Waals surface area contributed by atoms with E-state index >= 15 is 0 Å². The maximum Gasteiger partial charge on any atom is 0.273 e. The van der Waals surface area contributed by atoms with E-state index in [1.165, 1.54) is 9.78 Å². The highest BCUT2D eigenvalue weighted by molar-refractivity contribution is 7.16. The van der Waals surface area contributed by atoms with Crippen molar-refractivity contribution < 1.29 is 4.79 Å². The number of amides is 1. The van der Waals surface area contributed by atoms with Gasteiger partial charge in [-0.2, -0.15) is 0 Å². The molecule has 0 radical (unpaired) electrons. The third-order valence-electron chi connectivity index (χ3n) is 2.60. The Bertz CT molecular complexity index is 582. The van der Waals surface area contributed by atoms with Crippen molar-refractivity contribution in [1.82, 2.24) is 15.1 Å². The van der Waals surface area contributed by atoms with Gasteiger partial charge in [-0.15, -0.1) is 21.5 Å². The van der Waals surface area contributed by atoms with Crippen LogP contribution in [0.1, 0.15) is 15.4 Å². The SMILES string of the molecule is CN(C)C(=O)c1ccc(NCCc2ccc(Cl)s2)nn1. The minimum atomic E-state index is -0.155. The number of nitrogens with one attached hydrogen (secondary N) is 1. The molecule has 0 fully saturated rings. The number of anilines is 1. The van der Waals surface area contributed by atoms with E-state index in [1.807, 2.05) is 12.1 Å². The van der Waals surface area contributed by atoms with Gasteiger partial charge in [0.15, 0.2) is 5.69 Å². The van der Waals surface area contributed by atoms with E-state index in [4.69, 9.17) is 11.6 Å². The van der Waals surface area contributed by atoms with Crippen LogP contribution >= 0.6 is 22.9 Å². The highest BCUT2D eigenvalue weighted by Gasteiger charge is 2.09. The Morgan fingerprint density at radius 1 is 1.30 bits per heavy atom. The van der Waals surface area contributed by atoms with Crippen LogP contribution in [-0.4, -0.2) is 41.6 Å². The fraction of sp³-hybridized carbons (Fsp3) is 0.308. The van der Waals surface area contributed by atoms with E-state index in [0.29, 0.717) is 11.5 Å². The number of nitrogens with zero attached hydrogens (tertiary/aromatic N) is 3. The van der Waals surface area contributed by atoms with Crippen LogP contribution in [0, 0.1) is 0 Å². The second-order valence-electron chi connectivity index (χ2n) is 4.39. The number of carbonyl (C=O) groups excluding carboxylic acids is 1. The van der Waals surface area contributed by atoms with Crippen LogP contribution in [0.4, 0.5) is 5.82 Å². The summed E-state index contributed by atoms with van der Waals surface area (Å²) in [5.41, 5.74) is 0.339. The number of hydrogen-bond acceptors (Lipinski definition) is 5. The predicted octanol–water partition coefficient (Wildman–Crippen LogP) is 2.55. The zero-order chi connectivity index (χ0) is 14.5. The molecule has 0 atom stereocenters. The Hall–Kier alpha value is -1.66. The maximum atomic E-state index is 11.6. The summed E-state index contributed by atoms with van der Waals surface area (Å²) < 4.78 is 0.798. The molecule has 1 amide bonds. The molecule has 0 aliphatic carbocycles. The first-order chi connectivity index (χ1) is 9.56. The van der Waals surface area contributed by atoms with Crippen molar-refractivity contribution in [2.24, 2.45) is 0 Å².